The van der Waals surface area contributed by atoms with E-state index in [1.54, 1.807) is 6.20 Å². The van der Waals surface area contributed by atoms with E-state index in [-0.39, 0.29) is 6.03 Å². The fraction of sp³-hybridized carbons (Fsp3) is 0.231. The number of benzene rings is 1. The number of hydrogen-bond acceptors (Lipinski definition) is 5. The highest BCUT2D eigenvalue weighted by Gasteiger charge is 2.05. The number of thiazole rings is 1. The predicted octanol–water partition coefficient (Wildman–Crippen LogP) is 2.48. The number of rotatable bonds is 6. The molecule has 0 aliphatic carbocycles. The van der Waals surface area contributed by atoms with Crippen molar-refractivity contribution >= 4 is 27.5 Å². The quantitative estimate of drug-likeness (QED) is 0.715. The van der Waals surface area contributed by atoms with Crippen LogP contribution in [-0.4, -0.2) is 24.7 Å². The molecule has 0 aliphatic heterocycles. The lowest BCUT2D eigenvalue weighted by Gasteiger charge is -2.05. The van der Waals surface area contributed by atoms with Gasteiger partial charge in [-0.2, -0.15) is 0 Å². The summed E-state index contributed by atoms with van der Waals surface area (Å²) in [6.45, 7) is 0.574. The van der Waals surface area contributed by atoms with Gasteiger partial charge in [0.2, 0.25) is 0 Å². The Kier molecular flexibility index (Phi) is 5.33. The molecule has 1 aromatic carbocycles. The van der Waals surface area contributed by atoms with Crippen molar-refractivity contribution in [1.29, 1.82) is 0 Å². The lowest BCUT2D eigenvalue weighted by atomic mass is 10.1. The number of hydrogen-bond donors (Lipinski definition) is 3. The molecule has 1 aromatic heterocycles. The normalized spacial score (nSPS) is 10.1. The maximum Gasteiger partial charge on any atom is 0.321 e. The van der Waals surface area contributed by atoms with Crippen molar-refractivity contribution in [2.24, 2.45) is 0 Å². The molecule has 0 unspecified atom stereocenters. The molecule has 20 heavy (non-hydrogen) atoms. The summed E-state index contributed by atoms with van der Waals surface area (Å²) in [7, 11) is 1.52. The van der Waals surface area contributed by atoms with Gasteiger partial charge in [0.25, 0.3) is 0 Å². The largest absolute Gasteiger partial charge is 0.337 e. The third-order valence-corrected chi connectivity index (χ3v) is 3.28. The minimum Gasteiger partial charge on any atom is -0.337 e. The van der Waals surface area contributed by atoms with Crippen molar-refractivity contribution in [1.82, 2.24) is 10.3 Å². The Morgan fingerprint density at radius 1 is 1.35 bits per heavy atom. The fourth-order valence-corrected chi connectivity index (χ4v) is 2.27. The molecule has 2 amide bonds. The molecule has 0 atom stereocenters. The molecule has 106 valence electrons. The zero-order valence-corrected chi connectivity index (χ0v) is 11.9. The summed E-state index contributed by atoms with van der Waals surface area (Å²) in [6, 6.07) is 9.73. The van der Waals surface area contributed by atoms with Crippen LogP contribution < -0.4 is 16.1 Å². The molecule has 0 fully saturated rings. The van der Waals surface area contributed by atoms with E-state index in [1.807, 2.05) is 30.3 Å². The van der Waals surface area contributed by atoms with Gasteiger partial charge in [0.15, 0.2) is 5.13 Å². The van der Waals surface area contributed by atoms with E-state index in [0.717, 1.165) is 11.4 Å². The minimum absolute atomic E-state index is 0.265. The molecule has 0 bridgehead atoms. The Balaban J connectivity index is 1.72. The maximum atomic E-state index is 11.7. The number of aromatic nitrogens is 1. The number of carbonyl (C=O) groups is 1. The lowest BCUT2D eigenvalue weighted by Crippen LogP contribution is -2.30. The van der Waals surface area contributed by atoms with Crippen LogP contribution in [-0.2, 0) is 11.3 Å². The molecule has 0 radical (unpaired) electrons. The Labute approximate surface area is 121 Å². The summed E-state index contributed by atoms with van der Waals surface area (Å²) in [4.78, 5) is 20.5. The number of nitrogens with zero attached hydrogens (tertiary/aromatic N) is 1. The van der Waals surface area contributed by atoms with Crippen molar-refractivity contribution in [3.05, 3.63) is 42.1 Å². The van der Waals surface area contributed by atoms with Gasteiger partial charge < -0.3 is 5.32 Å². The van der Waals surface area contributed by atoms with Gasteiger partial charge in [-0.3, -0.25) is 15.6 Å². The molecular weight excluding hydrogens is 276 g/mol. The average molecular weight is 292 g/mol. The number of anilines is 2. The monoisotopic (exact) mass is 292 g/mol. The molecule has 0 saturated carbocycles. The molecular formula is C13H16N4O2S. The van der Waals surface area contributed by atoms with E-state index in [1.165, 1.54) is 24.0 Å². The first-order chi connectivity index (χ1) is 9.78. The lowest BCUT2D eigenvalue weighted by molar-refractivity contribution is 0.252. The standard InChI is InChI=1S/C13H16N4O2S/c1-19-17-11-9-15-13(20-11)16-12(18)14-8-7-10-5-3-2-4-6-10/h2-6,9,17H,7-8H2,1H3,(H2,14,15,16,18). The maximum absolute atomic E-state index is 11.7. The first-order valence-corrected chi connectivity index (χ1v) is 6.93. The third-order valence-electron chi connectivity index (χ3n) is 2.47. The third kappa shape index (κ3) is 4.52. The van der Waals surface area contributed by atoms with Crippen molar-refractivity contribution in [3.8, 4) is 0 Å². The Morgan fingerprint density at radius 3 is 2.90 bits per heavy atom. The zero-order chi connectivity index (χ0) is 14.2. The van der Waals surface area contributed by atoms with E-state index in [0.29, 0.717) is 11.7 Å². The van der Waals surface area contributed by atoms with Crippen molar-refractivity contribution in [2.45, 2.75) is 6.42 Å². The molecule has 0 aliphatic rings. The highest BCUT2D eigenvalue weighted by atomic mass is 32.1. The molecule has 0 saturated heterocycles. The summed E-state index contributed by atoms with van der Waals surface area (Å²) in [6.07, 6.45) is 2.39. The van der Waals surface area contributed by atoms with Crippen LogP contribution in [0.5, 0.6) is 0 Å². The second kappa shape index (κ2) is 7.46. The minimum atomic E-state index is -0.265. The van der Waals surface area contributed by atoms with Gasteiger partial charge in [-0.05, 0) is 12.0 Å². The predicted molar refractivity (Wildman–Crippen MR) is 79.9 cm³/mol. The van der Waals surface area contributed by atoms with Crippen LogP contribution in [0.25, 0.3) is 0 Å². The van der Waals surface area contributed by atoms with E-state index in [9.17, 15) is 4.79 Å². The average Bonchev–Trinajstić information content (AvgIpc) is 2.88. The van der Waals surface area contributed by atoms with Crippen molar-refractivity contribution in [3.63, 3.8) is 0 Å². The van der Waals surface area contributed by atoms with Gasteiger partial charge in [0, 0.05) is 6.54 Å². The van der Waals surface area contributed by atoms with E-state index in [4.69, 9.17) is 4.84 Å². The second-order valence-electron chi connectivity index (χ2n) is 3.95. The zero-order valence-electron chi connectivity index (χ0n) is 11.1. The second-order valence-corrected chi connectivity index (χ2v) is 4.98. The van der Waals surface area contributed by atoms with Crippen LogP contribution in [0.2, 0.25) is 0 Å². The van der Waals surface area contributed by atoms with Gasteiger partial charge in [0.1, 0.15) is 5.00 Å². The highest BCUT2D eigenvalue weighted by Crippen LogP contribution is 2.22. The molecule has 6 nitrogen and oxygen atoms in total. The van der Waals surface area contributed by atoms with Crippen molar-refractivity contribution in [2.75, 3.05) is 24.5 Å². The van der Waals surface area contributed by atoms with E-state index in [2.05, 4.69) is 21.1 Å². The van der Waals surface area contributed by atoms with Crippen LogP contribution in [0.4, 0.5) is 14.9 Å². The van der Waals surface area contributed by atoms with Crippen LogP contribution in [0.3, 0.4) is 0 Å². The first-order valence-electron chi connectivity index (χ1n) is 6.11. The Morgan fingerprint density at radius 2 is 2.15 bits per heavy atom. The summed E-state index contributed by atoms with van der Waals surface area (Å²) >= 11 is 1.30. The topological polar surface area (TPSA) is 75.3 Å². The smallest absolute Gasteiger partial charge is 0.321 e. The fourth-order valence-electron chi connectivity index (χ4n) is 1.59. The summed E-state index contributed by atoms with van der Waals surface area (Å²) in [5.41, 5.74) is 3.84. The van der Waals surface area contributed by atoms with Gasteiger partial charge >= 0.3 is 6.03 Å². The van der Waals surface area contributed by atoms with Crippen LogP contribution >= 0.6 is 11.3 Å². The van der Waals surface area contributed by atoms with E-state index >= 15 is 0 Å². The van der Waals surface area contributed by atoms with Gasteiger partial charge in [-0.1, -0.05) is 41.7 Å². The van der Waals surface area contributed by atoms with Gasteiger partial charge in [-0.15, -0.1) is 0 Å². The first kappa shape index (κ1) is 14.3. The molecule has 0 spiro atoms. The summed E-state index contributed by atoms with van der Waals surface area (Å²) < 4.78 is 0. The van der Waals surface area contributed by atoms with Gasteiger partial charge in [0.05, 0.1) is 13.3 Å². The Bertz CT molecular complexity index is 544. The van der Waals surface area contributed by atoms with Crippen LogP contribution in [0.15, 0.2) is 36.5 Å². The number of carbonyl (C=O) groups excluding carboxylic acids is 1. The number of amides is 2. The summed E-state index contributed by atoms with van der Waals surface area (Å²) in [5.74, 6) is 0. The van der Waals surface area contributed by atoms with Crippen LogP contribution in [0.1, 0.15) is 5.56 Å². The Hall–Kier alpha value is -2.12. The molecule has 2 rings (SSSR count). The number of nitrogens with one attached hydrogen (secondary N) is 3. The van der Waals surface area contributed by atoms with Crippen LogP contribution in [0, 0.1) is 0 Å². The molecule has 3 N–H and O–H groups in total. The SMILES string of the molecule is CONc1cnc(NC(=O)NCCc2ccccc2)s1. The van der Waals surface area contributed by atoms with Gasteiger partial charge in [-0.25, -0.2) is 9.78 Å². The van der Waals surface area contributed by atoms with Crippen molar-refractivity contribution < 1.29 is 9.63 Å². The molecule has 7 heteroatoms. The molecule has 2 aromatic rings. The highest BCUT2D eigenvalue weighted by molar-refractivity contribution is 7.19. The summed E-state index contributed by atoms with van der Waals surface area (Å²) in [5, 5.41) is 6.70. The van der Waals surface area contributed by atoms with E-state index < -0.39 is 0 Å². The number of urea groups is 1. The molecule has 1 heterocycles.